The largest absolute Gasteiger partial charge is 0.496 e. The first-order valence-corrected chi connectivity index (χ1v) is 8.96. The van der Waals surface area contributed by atoms with Crippen molar-refractivity contribution in [3.05, 3.63) is 35.1 Å². The topological polar surface area (TPSA) is 61.0 Å². The maximum atomic E-state index is 13.8. The molecule has 2 rings (SSSR count). The van der Waals surface area contributed by atoms with Crippen LogP contribution < -0.4 is 10.5 Å². The van der Waals surface area contributed by atoms with Gasteiger partial charge in [-0.15, -0.1) is 10.2 Å². The Bertz CT molecular complexity index is 718. The van der Waals surface area contributed by atoms with Gasteiger partial charge in [-0.2, -0.15) is 0 Å². The summed E-state index contributed by atoms with van der Waals surface area (Å²) in [6, 6.07) is 4.45. The molecule has 0 amide bonds. The third kappa shape index (κ3) is 4.47. The smallest absolute Gasteiger partial charge is 0.149 e. The Morgan fingerprint density at radius 2 is 1.96 bits per heavy atom. The predicted molar refractivity (Wildman–Crippen MR) is 100 cm³/mol. The average molecular weight is 345 g/mol. The van der Waals surface area contributed by atoms with Crippen molar-refractivity contribution in [1.82, 2.24) is 10.2 Å². The molecule has 0 radical (unpaired) electrons. The summed E-state index contributed by atoms with van der Waals surface area (Å²) >= 11 is 0. The minimum atomic E-state index is -0.325. The maximum Gasteiger partial charge on any atom is 0.149 e. The number of unbranched alkanes of at least 4 members (excludes halogenated alkanes) is 3. The van der Waals surface area contributed by atoms with Gasteiger partial charge in [-0.3, -0.25) is 0 Å². The number of aromatic nitrogens is 2. The van der Waals surface area contributed by atoms with Crippen LogP contribution in [0.25, 0.3) is 11.3 Å². The van der Waals surface area contributed by atoms with Crippen LogP contribution >= 0.6 is 0 Å². The fourth-order valence-corrected chi connectivity index (χ4v) is 3.24. The maximum absolute atomic E-state index is 13.8. The molecule has 5 heteroatoms. The van der Waals surface area contributed by atoms with Crippen molar-refractivity contribution in [3.8, 4) is 17.0 Å². The zero-order valence-corrected chi connectivity index (χ0v) is 15.6. The van der Waals surface area contributed by atoms with E-state index >= 15 is 0 Å². The molecule has 1 unspecified atom stereocenters. The normalized spacial score (nSPS) is 12.2. The van der Waals surface area contributed by atoms with Crippen molar-refractivity contribution in [2.24, 2.45) is 0 Å². The Kier molecular flexibility index (Phi) is 6.73. The number of methoxy groups -OCH3 is 1. The van der Waals surface area contributed by atoms with Gasteiger partial charge in [0.2, 0.25) is 0 Å². The van der Waals surface area contributed by atoms with E-state index in [0.717, 1.165) is 24.0 Å². The van der Waals surface area contributed by atoms with Crippen molar-refractivity contribution in [2.45, 2.75) is 58.8 Å². The Morgan fingerprint density at radius 3 is 2.64 bits per heavy atom. The molecule has 1 aromatic carbocycles. The first-order chi connectivity index (χ1) is 12.0. The minimum absolute atomic E-state index is 0.262. The van der Waals surface area contributed by atoms with Gasteiger partial charge in [0.15, 0.2) is 0 Å². The summed E-state index contributed by atoms with van der Waals surface area (Å²) in [5.74, 6) is 0.945. The monoisotopic (exact) mass is 345 g/mol. The van der Waals surface area contributed by atoms with E-state index in [0.29, 0.717) is 22.8 Å². The third-order valence-corrected chi connectivity index (χ3v) is 4.70. The molecule has 0 fully saturated rings. The van der Waals surface area contributed by atoms with Gasteiger partial charge in [0.25, 0.3) is 0 Å². The van der Waals surface area contributed by atoms with Crippen molar-refractivity contribution >= 4 is 5.82 Å². The number of nitrogen functional groups attached to an aromatic ring is 1. The number of ether oxygens (including phenoxy) is 1. The number of nitrogens with two attached hydrogens (primary N) is 1. The Morgan fingerprint density at radius 1 is 1.20 bits per heavy atom. The molecule has 1 heterocycles. The number of nitrogens with zero attached hydrogens (tertiary/aromatic N) is 2. The standard InChI is InChI=1S/C20H28FN3O/c1-5-6-7-8-9-13(2)18-14(3)20(22)24-23-19(18)16-12-15(21)10-11-17(16)25-4/h10-13H,5-9H2,1-4H3,(H2,22,24). The Labute approximate surface area is 149 Å². The van der Waals surface area contributed by atoms with Gasteiger partial charge in [-0.05, 0) is 48.6 Å². The van der Waals surface area contributed by atoms with Crippen LogP contribution in [0.2, 0.25) is 0 Å². The summed E-state index contributed by atoms with van der Waals surface area (Å²) in [7, 11) is 1.57. The summed E-state index contributed by atoms with van der Waals surface area (Å²) in [6.07, 6.45) is 5.86. The van der Waals surface area contributed by atoms with Gasteiger partial charge in [0.1, 0.15) is 23.1 Å². The van der Waals surface area contributed by atoms with Crippen LogP contribution in [0.5, 0.6) is 5.75 Å². The third-order valence-electron chi connectivity index (χ3n) is 4.70. The minimum Gasteiger partial charge on any atom is -0.496 e. The van der Waals surface area contributed by atoms with E-state index in [-0.39, 0.29) is 11.7 Å². The molecule has 1 atom stereocenters. The summed E-state index contributed by atoms with van der Waals surface area (Å²) < 4.78 is 19.2. The molecule has 2 N–H and O–H groups in total. The summed E-state index contributed by atoms with van der Waals surface area (Å²) in [5.41, 5.74) is 9.23. The number of hydrogen-bond donors (Lipinski definition) is 1. The molecular formula is C20H28FN3O. The molecular weight excluding hydrogens is 317 g/mol. The van der Waals surface area contributed by atoms with Gasteiger partial charge >= 0.3 is 0 Å². The summed E-state index contributed by atoms with van der Waals surface area (Å²) in [5, 5.41) is 8.37. The number of benzene rings is 1. The van der Waals surface area contributed by atoms with Crippen molar-refractivity contribution in [2.75, 3.05) is 12.8 Å². The predicted octanol–water partition coefficient (Wildman–Crippen LogP) is 5.26. The summed E-state index contributed by atoms with van der Waals surface area (Å²) in [6.45, 7) is 6.33. The zero-order chi connectivity index (χ0) is 18.4. The van der Waals surface area contributed by atoms with Crippen molar-refractivity contribution in [1.29, 1.82) is 0 Å². The lowest BCUT2D eigenvalue weighted by atomic mass is 9.88. The van der Waals surface area contributed by atoms with E-state index in [9.17, 15) is 4.39 Å². The fraction of sp³-hybridized carbons (Fsp3) is 0.500. The number of hydrogen-bond acceptors (Lipinski definition) is 4. The lowest BCUT2D eigenvalue weighted by Crippen LogP contribution is -2.08. The summed E-state index contributed by atoms with van der Waals surface area (Å²) in [4.78, 5) is 0. The molecule has 4 nitrogen and oxygen atoms in total. The SMILES string of the molecule is CCCCCCC(C)c1c(-c2cc(F)ccc2OC)nnc(N)c1C. The Balaban J connectivity index is 2.46. The van der Waals surface area contributed by atoms with Gasteiger partial charge in [0, 0.05) is 5.56 Å². The van der Waals surface area contributed by atoms with Crippen LogP contribution in [0, 0.1) is 12.7 Å². The van der Waals surface area contributed by atoms with Crippen molar-refractivity contribution < 1.29 is 9.13 Å². The van der Waals surface area contributed by atoms with E-state index < -0.39 is 0 Å². The Hall–Kier alpha value is -2.17. The zero-order valence-electron chi connectivity index (χ0n) is 15.6. The van der Waals surface area contributed by atoms with Crippen LogP contribution in [-0.2, 0) is 0 Å². The molecule has 0 aliphatic heterocycles. The second-order valence-corrected chi connectivity index (χ2v) is 6.57. The highest BCUT2D eigenvalue weighted by molar-refractivity contribution is 5.72. The van der Waals surface area contributed by atoms with Crippen LogP contribution in [0.4, 0.5) is 10.2 Å². The quantitative estimate of drug-likeness (QED) is 0.663. The molecule has 1 aromatic heterocycles. The van der Waals surface area contributed by atoms with Crippen LogP contribution in [0.3, 0.4) is 0 Å². The fourth-order valence-electron chi connectivity index (χ4n) is 3.24. The van der Waals surface area contributed by atoms with E-state index in [1.165, 1.54) is 31.4 Å². The van der Waals surface area contributed by atoms with Crippen molar-refractivity contribution in [3.63, 3.8) is 0 Å². The second-order valence-electron chi connectivity index (χ2n) is 6.57. The number of anilines is 1. The van der Waals surface area contributed by atoms with Gasteiger partial charge in [0.05, 0.1) is 7.11 Å². The van der Waals surface area contributed by atoms with E-state index in [1.807, 2.05) is 6.92 Å². The molecule has 2 aromatic rings. The number of rotatable bonds is 8. The highest BCUT2D eigenvalue weighted by Crippen LogP contribution is 2.38. The highest BCUT2D eigenvalue weighted by Gasteiger charge is 2.21. The van der Waals surface area contributed by atoms with Gasteiger partial charge in [-0.25, -0.2) is 4.39 Å². The van der Waals surface area contributed by atoms with Gasteiger partial charge < -0.3 is 10.5 Å². The van der Waals surface area contributed by atoms with Crippen LogP contribution in [-0.4, -0.2) is 17.3 Å². The van der Waals surface area contributed by atoms with E-state index in [1.54, 1.807) is 13.2 Å². The highest BCUT2D eigenvalue weighted by atomic mass is 19.1. The number of halogens is 1. The molecule has 0 bridgehead atoms. The van der Waals surface area contributed by atoms with Crippen LogP contribution in [0.1, 0.15) is 63.0 Å². The molecule has 0 saturated heterocycles. The lowest BCUT2D eigenvalue weighted by Gasteiger charge is -2.20. The first kappa shape index (κ1) is 19.2. The molecule has 0 spiro atoms. The van der Waals surface area contributed by atoms with Gasteiger partial charge in [-0.1, -0.05) is 39.5 Å². The average Bonchev–Trinajstić information content (AvgIpc) is 2.60. The molecule has 0 aliphatic rings. The van der Waals surface area contributed by atoms with E-state index in [4.69, 9.17) is 10.5 Å². The van der Waals surface area contributed by atoms with Crippen LogP contribution in [0.15, 0.2) is 18.2 Å². The molecule has 0 aliphatic carbocycles. The lowest BCUT2D eigenvalue weighted by molar-refractivity contribution is 0.415. The molecule has 25 heavy (non-hydrogen) atoms. The molecule has 136 valence electrons. The molecule has 0 saturated carbocycles. The van der Waals surface area contributed by atoms with E-state index in [2.05, 4.69) is 24.0 Å². The second kappa shape index (κ2) is 8.79. The first-order valence-electron chi connectivity index (χ1n) is 8.96.